The highest BCUT2D eigenvalue weighted by Gasteiger charge is 2.09. The van der Waals surface area contributed by atoms with Gasteiger partial charge in [0.15, 0.2) is 11.5 Å². The number of nitrogens with one attached hydrogen (secondary N) is 1. The number of anilines is 1. The van der Waals surface area contributed by atoms with Gasteiger partial charge in [0.05, 0.1) is 13.7 Å². The van der Waals surface area contributed by atoms with Crippen molar-refractivity contribution in [3.8, 4) is 11.5 Å². The minimum Gasteiger partial charge on any atom is -0.493 e. The van der Waals surface area contributed by atoms with E-state index in [2.05, 4.69) is 37.4 Å². The lowest BCUT2D eigenvalue weighted by Crippen LogP contribution is -2.23. The number of hydrogen-bond acceptors (Lipinski definition) is 3. The molecule has 0 spiro atoms. The van der Waals surface area contributed by atoms with Gasteiger partial charge < -0.3 is 14.8 Å². The molecule has 0 saturated carbocycles. The molecular formula is C18H23NO2. The Balaban J connectivity index is 1.96. The first-order chi connectivity index (χ1) is 10.1. The third-order valence-corrected chi connectivity index (χ3v) is 3.37. The van der Waals surface area contributed by atoms with E-state index in [-0.39, 0.29) is 6.10 Å². The van der Waals surface area contributed by atoms with Crippen LogP contribution in [0.15, 0.2) is 42.5 Å². The molecule has 2 aromatic rings. The first-order valence-corrected chi connectivity index (χ1v) is 7.21. The van der Waals surface area contributed by atoms with Crippen molar-refractivity contribution < 1.29 is 9.47 Å². The Morgan fingerprint density at radius 2 is 1.76 bits per heavy atom. The highest BCUT2D eigenvalue weighted by molar-refractivity contribution is 5.52. The monoisotopic (exact) mass is 285 g/mol. The third-order valence-electron chi connectivity index (χ3n) is 3.37. The minimum atomic E-state index is 0.0428. The Morgan fingerprint density at radius 1 is 1.05 bits per heavy atom. The first-order valence-electron chi connectivity index (χ1n) is 7.21. The molecule has 1 unspecified atom stereocenters. The fourth-order valence-electron chi connectivity index (χ4n) is 2.15. The van der Waals surface area contributed by atoms with Gasteiger partial charge in [-0.05, 0) is 50.1 Å². The molecule has 0 fully saturated rings. The number of benzene rings is 2. The average molecular weight is 285 g/mol. The zero-order valence-corrected chi connectivity index (χ0v) is 13.1. The summed E-state index contributed by atoms with van der Waals surface area (Å²) in [6, 6.07) is 14.1. The van der Waals surface area contributed by atoms with Gasteiger partial charge in [-0.1, -0.05) is 24.3 Å². The molecular weight excluding hydrogens is 262 g/mol. The van der Waals surface area contributed by atoms with Gasteiger partial charge in [0.1, 0.15) is 6.10 Å². The van der Waals surface area contributed by atoms with Crippen LogP contribution in [-0.4, -0.2) is 19.8 Å². The summed E-state index contributed by atoms with van der Waals surface area (Å²) in [5.41, 5.74) is 3.65. The van der Waals surface area contributed by atoms with E-state index in [1.54, 1.807) is 7.11 Å². The summed E-state index contributed by atoms with van der Waals surface area (Å²) in [6.45, 7) is 6.99. The number of rotatable bonds is 6. The lowest BCUT2D eigenvalue weighted by atomic mass is 10.1. The van der Waals surface area contributed by atoms with Crippen LogP contribution < -0.4 is 14.8 Å². The van der Waals surface area contributed by atoms with Gasteiger partial charge >= 0.3 is 0 Å². The molecule has 0 amide bonds. The van der Waals surface area contributed by atoms with Gasteiger partial charge in [-0.3, -0.25) is 0 Å². The summed E-state index contributed by atoms with van der Waals surface area (Å²) >= 11 is 0. The highest BCUT2D eigenvalue weighted by atomic mass is 16.5. The standard InChI is InChI=1S/C18H23NO2/c1-13-9-10-14(2)16(11-13)19-12-15(3)21-18-8-6-5-7-17(18)20-4/h5-11,15,19H,12H2,1-4H3. The molecule has 0 aromatic heterocycles. The fraction of sp³-hybridized carbons (Fsp3) is 0.333. The van der Waals surface area contributed by atoms with E-state index in [0.29, 0.717) is 0 Å². The molecule has 1 N–H and O–H groups in total. The van der Waals surface area contributed by atoms with Crippen molar-refractivity contribution in [3.63, 3.8) is 0 Å². The second-order valence-electron chi connectivity index (χ2n) is 5.28. The van der Waals surface area contributed by atoms with Gasteiger partial charge in [0.25, 0.3) is 0 Å². The molecule has 0 aliphatic heterocycles. The van der Waals surface area contributed by atoms with Crippen LogP contribution in [0.3, 0.4) is 0 Å². The molecule has 0 aliphatic rings. The second-order valence-corrected chi connectivity index (χ2v) is 5.28. The predicted octanol–water partition coefficient (Wildman–Crippen LogP) is 4.19. The molecule has 1 atom stereocenters. The van der Waals surface area contributed by atoms with Gasteiger partial charge in [0, 0.05) is 5.69 Å². The van der Waals surface area contributed by atoms with Crippen molar-refractivity contribution in [1.82, 2.24) is 0 Å². The molecule has 0 saturated heterocycles. The summed E-state index contributed by atoms with van der Waals surface area (Å²) < 4.78 is 11.2. The Kier molecular flexibility index (Phi) is 5.09. The van der Waals surface area contributed by atoms with Gasteiger partial charge in [0.2, 0.25) is 0 Å². The summed E-state index contributed by atoms with van der Waals surface area (Å²) in [5, 5.41) is 3.45. The maximum atomic E-state index is 5.94. The van der Waals surface area contributed by atoms with E-state index >= 15 is 0 Å². The van der Waals surface area contributed by atoms with Crippen molar-refractivity contribution in [2.24, 2.45) is 0 Å². The van der Waals surface area contributed by atoms with Crippen LogP contribution >= 0.6 is 0 Å². The normalized spacial score (nSPS) is 11.8. The van der Waals surface area contributed by atoms with Crippen molar-refractivity contribution in [2.75, 3.05) is 19.0 Å². The van der Waals surface area contributed by atoms with Crippen molar-refractivity contribution in [2.45, 2.75) is 26.9 Å². The van der Waals surface area contributed by atoms with Crippen LogP contribution in [0.4, 0.5) is 5.69 Å². The Morgan fingerprint density at radius 3 is 2.48 bits per heavy atom. The van der Waals surface area contributed by atoms with E-state index < -0.39 is 0 Å². The molecule has 0 radical (unpaired) electrons. The van der Waals surface area contributed by atoms with Crippen molar-refractivity contribution in [1.29, 1.82) is 0 Å². The zero-order chi connectivity index (χ0) is 15.2. The zero-order valence-electron chi connectivity index (χ0n) is 13.1. The maximum Gasteiger partial charge on any atom is 0.161 e. The smallest absolute Gasteiger partial charge is 0.161 e. The van der Waals surface area contributed by atoms with E-state index in [9.17, 15) is 0 Å². The first kappa shape index (κ1) is 15.2. The quantitative estimate of drug-likeness (QED) is 0.863. The summed E-state index contributed by atoms with van der Waals surface area (Å²) in [4.78, 5) is 0. The van der Waals surface area contributed by atoms with Gasteiger partial charge in [-0.2, -0.15) is 0 Å². The van der Waals surface area contributed by atoms with Crippen LogP contribution in [0, 0.1) is 13.8 Å². The van der Waals surface area contributed by atoms with Crippen LogP contribution in [0.5, 0.6) is 11.5 Å². The fourth-order valence-corrected chi connectivity index (χ4v) is 2.15. The predicted molar refractivity (Wildman–Crippen MR) is 87.5 cm³/mol. The van der Waals surface area contributed by atoms with E-state index in [1.807, 2.05) is 31.2 Å². The molecule has 3 nitrogen and oxygen atoms in total. The largest absolute Gasteiger partial charge is 0.493 e. The van der Waals surface area contributed by atoms with Crippen LogP contribution in [0.25, 0.3) is 0 Å². The molecule has 0 heterocycles. The van der Waals surface area contributed by atoms with E-state index in [1.165, 1.54) is 11.1 Å². The SMILES string of the molecule is COc1ccccc1OC(C)CNc1cc(C)ccc1C. The molecule has 3 heteroatoms. The number of methoxy groups -OCH3 is 1. The highest BCUT2D eigenvalue weighted by Crippen LogP contribution is 2.27. The third kappa shape index (κ3) is 4.15. The van der Waals surface area contributed by atoms with Crippen LogP contribution in [0.2, 0.25) is 0 Å². The van der Waals surface area contributed by atoms with Gasteiger partial charge in [-0.25, -0.2) is 0 Å². The molecule has 2 rings (SSSR count). The Bertz CT molecular complexity index is 596. The molecule has 21 heavy (non-hydrogen) atoms. The van der Waals surface area contributed by atoms with Crippen molar-refractivity contribution in [3.05, 3.63) is 53.6 Å². The lowest BCUT2D eigenvalue weighted by Gasteiger charge is -2.18. The molecule has 0 aliphatic carbocycles. The number of aryl methyl sites for hydroxylation is 2. The maximum absolute atomic E-state index is 5.94. The summed E-state index contributed by atoms with van der Waals surface area (Å²) in [7, 11) is 1.65. The minimum absolute atomic E-state index is 0.0428. The second kappa shape index (κ2) is 7.02. The summed E-state index contributed by atoms with van der Waals surface area (Å²) in [5.74, 6) is 1.53. The van der Waals surface area contributed by atoms with Crippen LogP contribution in [-0.2, 0) is 0 Å². The Hall–Kier alpha value is -2.16. The number of hydrogen-bond donors (Lipinski definition) is 1. The number of para-hydroxylation sites is 2. The average Bonchev–Trinajstić information content (AvgIpc) is 2.49. The van der Waals surface area contributed by atoms with E-state index in [4.69, 9.17) is 9.47 Å². The lowest BCUT2D eigenvalue weighted by molar-refractivity contribution is 0.223. The van der Waals surface area contributed by atoms with Crippen molar-refractivity contribution >= 4 is 5.69 Å². The topological polar surface area (TPSA) is 30.5 Å². The Labute approximate surface area is 126 Å². The van der Waals surface area contributed by atoms with Gasteiger partial charge in [-0.15, -0.1) is 0 Å². The van der Waals surface area contributed by atoms with Crippen LogP contribution in [0.1, 0.15) is 18.1 Å². The summed E-state index contributed by atoms with van der Waals surface area (Å²) in [6.07, 6.45) is 0.0428. The molecule has 2 aromatic carbocycles. The molecule has 0 bridgehead atoms. The molecule has 112 valence electrons. The number of ether oxygens (including phenoxy) is 2. The van der Waals surface area contributed by atoms with E-state index in [0.717, 1.165) is 23.7 Å².